The van der Waals surface area contributed by atoms with Crippen molar-refractivity contribution in [2.75, 3.05) is 26.7 Å². The van der Waals surface area contributed by atoms with Crippen LogP contribution < -0.4 is 5.32 Å². The second-order valence-corrected chi connectivity index (χ2v) is 4.10. The Morgan fingerprint density at radius 3 is 2.56 bits per heavy atom. The maximum atomic E-state index is 3.56. The highest BCUT2D eigenvalue weighted by Crippen LogP contribution is 2.06. The Morgan fingerprint density at radius 1 is 1.25 bits per heavy atom. The number of piperazine rings is 1. The first kappa shape index (κ1) is 15.7. The predicted octanol–water partition coefficient (Wildman–Crippen LogP) is 1.98. The van der Waals surface area contributed by atoms with Crippen molar-refractivity contribution in [1.82, 2.24) is 10.2 Å². The van der Waals surface area contributed by atoms with Crippen LogP contribution in [-0.4, -0.2) is 37.6 Å². The van der Waals surface area contributed by atoms with Crippen LogP contribution in [0.2, 0.25) is 0 Å². The summed E-state index contributed by atoms with van der Waals surface area (Å²) in [7, 11) is 2.19. The molecule has 0 bridgehead atoms. The average Bonchev–Trinajstić information content (AvgIpc) is 2.19. The van der Waals surface area contributed by atoms with Gasteiger partial charge in [0.25, 0.3) is 0 Å². The van der Waals surface area contributed by atoms with Crippen molar-refractivity contribution >= 4 is 24.8 Å². The zero-order valence-electron chi connectivity index (χ0n) is 9.56. The van der Waals surface area contributed by atoms with Crippen molar-refractivity contribution in [3.63, 3.8) is 0 Å². The minimum Gasteiger partial charge on any atom is -0.311 e. The van der Waals surface area contributed by atoms with Gasteiger partial charge in [0.15, 0.2) is 0 Å². The number of halogens is 2. The molecule has 1 heterocycles. The molecule has 1 aliphatic heterocycles. The Hall–Kier alpha value is -0.280. The molecule has 2 nitrogen and oxygen atoms in total. The third-order valence-electron chi connectivity index (χ3n) is 2.78. The van der Waals surface area contributed by atoms with Crippen LogP contribution in [0.15, 0.2) is 30.3 Å². The minimum atomic E-state index is 0. The largest absolute Gasteiger partial charge is 0.311 e. The summed E-state index contributed by atoms with van der Waals surface area (Å²) in [5, 5.41) is 3.56. The predicted molar refractivity (Wildman–Crippen MR) is 73.9 cm³/mol. The van der Waals surface area contributed by atoms with Crippen LogP contribution in [0.5, 0.6) is 0 Å². The number of benzene rings is 1. The van der Waals surface area contributed by atoms with E-state index in [4.69, 9.17) is 0 Å². The van der Waals surface area contributed by atoms with Crippen molar-refractivity contribution in [1.29, 1.82) is 0 Å². The third kappa shape index (κ3) is 4.71. The first-order chi connectivity index (χ1) is 6.84. The highest BCUT2D eigenvalue weighted by atomic mass is 35.5. The first-order valence-electron chi connectivity index (χ1n) is 5.30. The second-order valence-electron chi connectivity index (χ2n) is 4.10. The van der Waals surface area contributed by atoms with Crippen LogP contribution in [0, 0.1) is 0 Å². The lowest BCUT2D eigenvalue weighted by atomic mass is 10.0. The zero-order valence-corrected chi connectivity index (χ0v) is 11.2. The van der Waals surface area contributed by atoms with Gasteiger partial charge in [0.1, 0.15) is 0 Å². The summed E-state index contributed by atoms with van der Waals surface area (Å²) >= 11 is 0. The van der Waals surface area contributed by atoms with Crippen molar-refractivity contribution < 1.29 is 0 Å². The van der Waals surface area contributed by atoms with Gasteiger partial charge in [-0.25, -0.2) is 0 Å². The van der Waals surface area contributed by atoms with Gasteiger partial charge < -0.3 is 10.2 Å². The molecular formula is C12H20Cl2N2. The van der Waals surface area contributed by atoms with E-state index in [-0.39, 0.29) is 24.8 Å². The van der Waals surface area contributed by atoms with Gasteiger partial charge in [0, 0.05) is 25.7 Å². The summed E-state index contributed by atoms with van der Waals surface area (Å²) in [6.07, 6.45) is 1.14. The van der Waals surface area contributed by atoms with Crippen LogP contribution in [0.3, 0.4) is 0 Å². The van der Waals surface area contributed by atoms with Crippen molar-refractivity contribution in [2.24, 2.45) is 0 Å². The van der Waals surface area contributed by atoms with E-state index in [2.05, 4.69) is 47.6 Å². The van der Waals surface area contributed by atoms with E-state index in [0.29, 0.717) is 6.04 Å². The van der Waals surface area contributed by atoms with E-state index in [1.807, 2.05) is 0 Å². The van der Waals surface area contributed by atoms with E-state index in [0.717, 1.165) is 19.5 Å². The summed E-state index contributed by atoms with van der Waals surface area (Å²) in [5.41, 5.74) is 1.43. The van der Waals surface area contributed by atoms with Gasteiger partial charge in [-0.05, 0) is 19.0 Å². The molecule has 0 aliphatic carbocycles. The van der Waals surface area contributed by atoms with Gasteiger partial charge in [-0.15, -0.1) is 24.8 Å². The molecule has 0 spiro atoms. The van der Waals surface area contributed by atoms with Crippen LogP contribution in [0.25, 0.3) is 0 Å². The van der Waals surface area contributed by atoms with Crippen LogP contribution in [-0.2, 0) is 6.42 Å². The molecule has 0 unspecified atom stereocenters. The summed E-state index contributed by atoms with van der Waals surface area (Å²) in [5.74, 6) is 0. The standard InChI is InChI=1S/C12H18N2.2ClH/c1-14-8-7-13-12(10-14)9-11-5-3-2-4-6-11;;/h2-6,12-13H,7-10H2,1H3;2*1H/t12-;;/m0../s1. The SMILES string of the molecule is CN1CCN[C@@H](Cc2ccccc2)C1.Cl.Cl. The molecule has 1 aromatic carbocycles. The van der Waals surface area contributed by atoms with E-state index >= 15 is 0 Å². The maximum Gasteiger partial charge on any atom is 0.0235 e. The van der Waals surface area contributed by atoms with Gasteiger partial charge in [0.2, 0.25) is 0 Å². The molecule has 4 heteroatoms. The quantitative estimate of drug-likeness (QED) is 0.877. The average molecular weight is 263 g/mol. The van der Waals surface area contributed by atoms with Gasteiger partial charge in [0.05, 0.1) is 0 Å². The second kappa shape index (κ2) is 7.91. The lowest BCUT2D eigenvalue weighted by molar-refractivity contribution is 0.238. The Bertz CT molecular complexity index is 280. The molecule has 92 valence electrons. The number of nitrogens with zero attached hydrogens (tertiary/aromatic N) is 1. The Balaban J connectivity index is 0.00000112. The first-order valence-corrected chi connectivity index (χ1v) is 5.30. The molecule has 1 fully saturated rings. The van der Waals surface area contributed by atoms with Gasteiger partial charge in [-0.3, -0.25) is 0 Å². The highest BCUT2D eigenvalue weighted by Gasteiger charge is 2.15. The smallest absolute Gasteiger partial charge is 0.0235 e. The van der Waals surface area contributed by atoms with Crippen molar-refractivity contribution in [3.8, 4) is 0 Å². The van der Waals surface area contributed by atoms with Crippen LogP contribution in [0.1, 0.15) is 5.56 Å². The molecule has 1 saturated heterocycles. The van der Waals surface area contributed by atoms with Crippen LogP contribution in [0.4, 0.5) is 0 Å². The van der Waals surface area contributed by atoms with E-state index < -0.39 is 0 Å². The fraction of sp³-hybridized carbons (Fsp3) is 0.500. The molecular weight excluding hydrogens is 243 g/mol. The van der Waals surface area contributed by atoms with Gasteiger partial charge >= 0.3 is 0 Å². The van der Waals surface area contributed by atoms with Crippen LogP contribution >= 0.6 is 24.8 Å². The summed E-state index contributed by atoms with van der Waals surface area (Å²) < 4.78 is 0. The summed E-state index contributed by atoms with van der Waals surface area (Å²) in [6.45, 7) is 3.45. The molecule has 0 radical (unpaired) electrons. The number of hydrogen-bond donors (Lipinski definition) is 1. The molecule has 1 N–H and O–H groups in total. The van der Waals surface area contributed by atoms with Gasteiger partial charge in [-0.2, -0.15) is 0 Å². The summed E-state index contributed by atoms with van der Waals surface area (Å²) in [6, 6.07) is 11.3. The normalized spacial score (nSPS) is 20.7. The molecule has 1 aliphatic rings. The number of hydrogen-bond acceptors (Lipinski definition) is 2. The Morgan fingerprint density at radius 2 is 1.94 bits per heavy atom. The number of nitrogens with one attached hydrogen (secondary N) is 1. The Kier molecular flexibility index (Phi) is 7.77. The lowest BCUT2D eigenvalue weighted by Gasteiger charge is -2.30. The van der Waals surface area contributed by atoms with E-state index in [1.165, 1.54) is 12.1 Å². The fourth-order valence-corrected chi connectivity index (χ4v) is 2.03. The highest BCUT2D eigenvalue weighted by molar-refractivity contribution is 5.85. The lowest BCUT2D eigenvalue weighted by Crippen LogP contribution is -2.49. The van der Waals surface area contributed by atoms with Crippen molar-refractivity contribution in [3.05, 3.63) is 35.9 Å². The minimum absolute atomic E-state index is 0. The topological polar surface area (TPSA) is 15.3 Å². The molecule has 0 amide bonds. The molecule has 1 aromatic rings. The van der Waals surface area contributed by atoms with Crippen molar-refractivity contribution in [2.45, 2.75) is 12.5 Å². The van der Waals surface area contributed by atoms with E-state index in [9.17, 15) is 0 Å². The fourth-order valence-electron chi connectivity index (χ4n) is 2.03. The third-order valence-corrected chi connectivity index (χ3v) is 2.78. The van der Waals surface area contributed by atoms with E-state index in [1.54, 1.807) is 0 Å². The molecule has 0 saturated carbocycles. The Labute approximate surface area is 110 Å². The maximum absolute atomic E-state index is 3.56. The van der Waals surface area contributed by atoms with Gasteiger partial charge in [-0.1, -0.05) is 30.3 Å². The number of rotatable bonds is 2. The zero-order chi connectivity index (χ0) is 9.80. The molecule has 16 heavy (non-hydrogen) atoms. The molecule has 2 rings (SSSR count). The summed E-state index contributed by atoms with van der Waals surface area (Å²) in [4.78, 5) is 2.39. The molecule has 1 atom stereocenters. The number of likely N-dealkylation sites (N-methyl/N-ethyl adjacent to an activating group) is 1. The monoisotopic (exact) mass is 262 g/mol. The molecule has 0 aromatic heterocycles.